The third-order valence-electron chi connectivity index (χ3n) is 5.93. The van der Waals surface area contributed by atoms with Crippen LogP contribution in [0.15, 0.2) is 5.38 Å². The lowest BCUT2D eigenvalue weighted by Crippen LogP contribution is -2.64. The molecule has 0 aliphatic carbocycles. The first-order valence-corrected chi connectivity index (χ1v) is 11.1. The van der Waals surface area contributed by atoms with Gasteiger partial charge in [0.25, 0.3) is 0 Å². The van der Waals surface area contributed by atoms with Gasteiger partial charge in [0.15, 0.2) is 0 Å². The first kappa shape index (κ1) is 21.1. The van der Waals surface area contributed by atoms with Crippen molar-refractivity contribution < 1.29 is 19.4 Å². The number of piperidine rings is 2. The molecule has 2 saturated heterocycles. The molecule has 0 amide bonds. The number of aromatic carboxylic acids is 1. The summed E-state index contributed by atoms with van der Waals surface area (Å²) in [5, 5.41) is 15.5. The van der Waals surface area contributed by atoms with Gasteiger partial charge in [-0.05, 0) is 84.4 Å². The topological polar surface area (TPSA) is 78.9 Å². The largest absolute Gasteiger partial charge is 0.478 e. The highest BCUT2D eigenvalue weighted by Crippen LogP contribution is 2.46. The van der Waals surface area contributed by atoms with Crippen LogP contribution in [0.3, 0.4) is 0 Å². The highest BCUT2D eigenvalue weighted by atomic mass is 32.1. The fraction of sp³-hybridized carbons (Fsp3) is 0.714. The zero-order chi connectivity index (χ0) is 20.5. The van der Waals surface area contributed by atoms with Gasteiger partial charge in [-0.25, -0.2) is 9.59 Å². The quantitative estimate of drug-likeness (QED) is 0.738. The Hall–Kier alpha value is -1.60. The molecule has 1 atom stereocenters. The molecule has 2 fully saturated rings. The van der Waals surface area contributed by atoms with Gasteiger partial charge in [-0.3, -0.25) is 0 Å². The van der Waals surface area contributed by atoms with Crippen molar-refractivity contribution in [2.75, 3.05) is 24.5 Å². The van der Waals surface area contributed by atoms with Crippen molar-refractivity contribution in [1.82, 2.24) is 5.32 Å². The van der Waals surface area contributed by atoms with Crippen LogP contribution in [0.25, 0.3) is 0 Å². The number of carboxylic acid groups (broad SMARTS) is 1. The summed E-state index contributed by atoms with van der Waals surface area (Å²) >= 11 is 1.43. The smallest absolute Gasteiger partial charge is 0.336 e. The van der Waals surface area contributed by atoms with E-state index in [-0.39, 0.29) is 11.9 Å². The van der Waals surface area contributed by atoms with Gasteiger partial charge in [0.05, 0.1) is 10.6 Å². The summed E-state index contributed by atoms with van der Waals surface area (Å²) in [7, 11) is 0. The number of rotatable bonds is 4. The molecule has 1 unspecified atom stereocenters. The third-order valence-corrected chi connectivity index (χ3v) is 7.03. The number of carbonyl (C=O) groups excluding carboxylic acids is 1. The summed E-state index contributed by atoms with van der Waals surface area (Å²) < 4.78 is 5.97. The normalized spacial score (nSPS) is 24.2. The number of nitrogens with zero attached hydrogens (tertiary/aromatic N) is 1. The second kappa shape index (κ2) is 8.03. The minimum absolute atomic E-state index is 0.156. The molecule has 1 aromatic rings. The first-order valence-electron chi connectivity index (χ1n) is 10.2. The average molecular weight is 409 g/mol. The molecule has 3 heterocycles. The van der Waals surface area contributed by atoms with Crippen LogP contribution in [0, 0.1) is 12.8 Å². The number of ether oxygens (including phenoxy) is 1. The van der Waals surface area contributed by atoms with Gasteiger partial charge in [0, 0.05) is 11.9 Å². The molecule has 3 rings (SSSR count). The summed E-state index contributed by atoms with van der Waals surface area (Å²) in [5.74, 6) is -0.878. The van der Waals surface area contributed by atoms with Gasteiger partial charge in [0.1, 0.15) is 11.1 Å². The molecule has 0 aromatic carbocycles. The number of thiophene rings is 1. The van der Waals surface area contributed by atoms with E-state index in [9.17, 15) is 14.7 Å². The van der Waals surface area contributed by atoms with E-state index in [0.717, 1.165) is 62.3 Å². The molecule has 156 valence electrons. The average Bonchev–Trinajstić information content (AvgIpc) is 3.02. The van der Waals surface area contributed by atoms with Gasteiger partial charge in [-0.2, -0.15) is 0 Å². The van der Waals surface area contributed by atoms with Gasteiger partial charge < -0.3 is 20.1 Å². The Balaban J connectivity index is 2.08. The molecule has 6 nitrogen and oxygen atoms in total. The highest BCUT2D eigenvalue weighted by molar-refractivity contribution is 7.14. The Morgan fingerprint density at radius 2 is 1.96 bits per heavy atom. The summed E-state index contributed by atoms with van der Waals surface area (Å²) in [5.41, 5.74) is -0.203. The van der Waals surface area contributed by atoms with Gasteiger partial charge in [-0.15, -0.1) is 11.3 Å². The number of carboxylic acids is 1. The lowest BCUT2D eigenvalue weighted by atomic mass is 9.71. The van der Waals surface area contributed by atoms with Crippen LogP contribution in [-0.4, -0.2) is 47.8 Å². The second-order valence-corrected chi connectivity index (χ2v) is 9.80. The van der Waals surface area contributed by atoms with Crippen molar-refractivity contribution in [3.63, 3.8) is 0 Å². The molecular weight excluding hydrogens is 376 g/mol. The number of carbonyl (C=O) groups is 2. The van der Waals surface area contributed by atoms with Crippen LogP contribution in [0.2, 0.25) is 0 Å². The lowest BCUT2D eigenvalue weighted by Gasteiger charge is -2.52. The van der Waals surface area contributed by atoms with Crippen LogP contribution >= 0.6 is 11.3 Å². The van der Waals surface area contributed by atoms with E-state index in [2.05, 4.69) is 10.2 Å². The standard InChI is InChI=1S/C21H32N2O4S/c1-14-16(18(24)25)13-28-17(14)23-12-6-5-9-21(23,15-7-10-22-11-8-15)19(26)27-20(2,3)4/h13,15,22H,5-12H2,1-4H3,(H,24,25). The Bertz CT molecular complexity index is 733. The van der Waals surface area contributed by atoms with Crippen molar-refractivity contribution in [3.8, 4) is 0 Å². The van der Waals surface area contributed by atoms with Crippen molar-refractivity contribution in [1.29, 1.82) is 0 Å². The van der Waals surface area contributed by atoms with E-state index in [0.29, 0.717) is 5.56 Å². The second-order valence-electron chi connectivity index (χ2n) is 8.94. The number of hydrogen-bond acceptors (Lipinski definition) is 6. The minimum atomic E-state index is -0.915. The van der Waals surface area contributed by atoms with Gasteiger partial charge >= 0.3 is 11.9 Å². The molecule has 0 radical (unpaired) electrons. The van der Waals surface area contributed by atoms with Crippen molar-refractivity contribution in [3.05, 3.63) is 16.5 Å². The van der Waals surface area contributed by atoms with E-state index in [1.54, 1.807) is 5.38 Å². The van der Waals surface area contributed by atoms with Crippen molar-refractivity contribution in [2.45, 2.75) is 70.9 Å². The third kappa shape index (κ3) is 3.92. The Kier molecular flexibility index (Phi) is 6.05. The van der Waals surface area contributed by atoms with E-state index >= 15 is 0 Å². The molecule has 2 aliphatic rings. The number of esters is 1. The first-order chi connectivity index (χ1) is 13.2. The van der Waals surface area contributed by atoms with E-state index < -0.39 is 17.1 Å². The highest BCUT2D eigenvalue weighted by Gasteiger charge is 2.54. The van der Waals surface area contributed by atoms with Crippen molar-refractivity contribution >= 4 is 28.3 Å². The molecule has 0 spiro atoms. The zero-order valence-electron chi connectivity index (χ0n) is 17.3. The SMILES string of the molecule is Cc1c(C(=O)O)csc1N1CCCCC1(C(=O)OC(C)(C)C)C1CCNCC1. The molecule has 7 heteroatoms. The van der Waals surface area contributed by atoms with Crippen molar-refractivity contribution in [2.24, 2.45) is 5.92 Å². The lowest BCUT2D eigenvalue weighted by molar-refractivity contribution is -0.166. The van der Waals surface area contributed by atoms with Gasteiger partial charge in [0.2, 0.25) is 0 Å². The van der Waals surface area contributed by atoms with Crippen LogP contribution in [0.4, 0.5) is 5.00 Å². The maximum Gasteiger partial charge on any atom is 0.336 e. The Labute approximate surface area is 171 Å². The molecule has 0 saturated carbocycles. The molecule has 0 bridgehead atoms. The number of nitrogens with one attached hydrogen (secondary N) is 1. The number of hydrogen-bond donors (Lipinski definition) is 2. The molecule has 28 heavy (non-hydrogen) atoms. The van der Waals surface area contributed by atoms with E-state index in [4.69, 9.17) is 4.74 Å². The summed E-state index contributed by atoms with van der Waals surface area (Å²) in [4.78, 5) is 27.5. The zero-order valence-corrected chi connectivity index (χ0v) is 18.2. The fourth-order valence-corrected chi connectivity index (χ4v) is 5.81. The molecule has 2 N–H and O–H groups in total. The monoisotopic (exact) mass is 408 g/mol. The predicted octanol–water partition coefficient (Wildman–Crippen LogP) is 3.83. The maximum absolute atomic E-state index is 13.7. The molecular formula is C21H32N2O4S. The number of anilines is 1. The fourth-order valence-electron chi connectivity index (χ4n) is 4.63. The summed E-state index contributed by atoms with van der Waals surface area (Å²) in [6.07, 6.45) is 4.58. The van der Waals surface area contributed by atoms with E-state index in [1.807, 2.05) is 27.7 Å². The Morgan fingerprint density at radius 3 is 2.54 bits per heavy atom. The maximum atomic E-state index is 13.7. The van der Waals surface area contributed by atoms with Crippen LogP contribution < -0.4 is 10.2 Å². The van der Waals surface area contributed by atoms with Gasteiger partial charge in [-0.1, -0.05) is 0 Å². The molecule has 2 aliphatic heterocycles. The van der Waals surface area contributed by atoms with E-state index in [1.165, 1.54) is 11.3 Å². The summed E-state index contributed by atoms with van der Waals surface area (Å²) in [6, 6.07) is 0. The van der Waals surface area contributed by atoms with Crippen LogP contribution in [-0.2, 0) is 9.53 Å². The summed E-state index contributed by atoms with van der Waals surface area (Å²) in [6.45, 7) is 10.1. The minimum Gasteiger partial charge on any atom is -0.478 e. The molecule has 1 aromatic heterocycles. The predicted molar refractivity (Wildman–Crippen MR) is 111 cm³/mol. The van der Waals surface area contributed by atoms with Crippen LogP contribution in [0.5, 0.6) is 0 Å². The van der Waals surface area contributed by atoms with Crippen LogP contribution in [0.1, 0.15) is 68.8 Å². The Morgan fingerprint density at radius 1 is 1.29 bits per heavy atom.